The molecule has 0 aromatic heterocycles. The van der Waals surface area contributed by atoms with Crippen LogP contribution in [0.4, 0.5) is 5.69 Å². The fraction of sp³-hybridized carbons (Fsp3) is 0.257. The molecule has 4 aromatic rings. The van der Waals surface area contributed by atoms with Crippen LogP contribution < -0.4 is 19.1 Å². The maximum Gasteiger partial charge on any atom is 0.264 e. The lowest BCUT2D eigenvalue weighted by Gasteiger charge is -2.34. The van der Waals surface area contributed by atoms with E-state index in [1.165, 1.54) is 44.4 Å². The molecule has 0 unspecified atom stereocenters. The Kier molecular flexibility index (Phi) is 11.8. The van der Waals surface area contributed by atoms with Crippen LogP contribution in [0.2, 0.25) is 10.0 Å². The molecule has 0 aliphatic rings. The van der Waals surface area contributed by atoms with Gasteiger partial charge in [-0.1, -0.05) is 65.7 Å². The van der Waals surface area contributed by atoms with Crippen LogP contribution in [0.1, 0.15) is 22.3 Å². The van der Waals surface area contributed by atoms with Crippen molar-refractivity contribution in [1.82, 2.24) is 10.2 Å². The zero-order chi connectivity index (χ0) is 34.3. The summed E-state index contributed by atoms with van der Waals surface area (Å²) in [6.45, 7) is 3.04. The lowest BCUT2D eigenvalue weighted by Crippen LogP contribution is -2.53. The molecule has 4 aromatic carbocycles. The minimum Gasteiger partial charge on any atom is -0.493 e. The van der Waals surface area contributed by atoms with Crippen LogP contribution in [-0.4, -0.2) is 59.0 Å². The van der Waals surface area contributed by atoms with Crippen LogP contribution in [-0.2, 0) is 32.6 Å². The Morgan fingerprint density at radius 2 is 1.47 bits per heavy atom. The average molecular weight is 699 g/mol. The Morgan fingerprint density at radius 1 is 0.809 bits per heavy atom. The molecule has 0 bridgehead atoms. The van der Waals surface area contributed by atoms with Gasteiger partial charge in [0, 0.05) is 26.1 Å². The van der Waals surface area contributed by atoms with E-state index in [1.807, 2.05) is 50.2 Å². The lowest BCUT2D eigenvalue weighted by atomic mass is 10.0. The van der Waals surface area contributed by atoms with Gasteiger partial charge in [0.05, 0.1) is 34.8 Å². The van der Waals surface area contributed by atoms with Crippen molar-refractivity contribution in [3.05, 3.63) is 117 Å². The summed E-state index contributed by atoms with van der Waals surface area (Å²) in [6, 6.07) is 22.8. The predicted octanol–water partition coefficient (Wildman–Crippen LogP) is 6.21. The molecule has 12 heteroatoms. The summed E-state index contributed by atoms with van der Waals surface area (Å²) >= 11 is 12.5. The number of methoxy groups -OCH3 is 2. The van der Waals surface area contributed by atoms with Gasteiger partial charge >= 0.3 is 0 Å². The van der Waals surface area contributed by atoms with Crippen LogP contribution in [0.5, 0.6) is 11.5 Å². The first-order valence-electron chi connectivity index (χ1n) is 14.7. The van der Waals surface area contributed by atoms with Crippen LogP contribution in [0.25, 0.3) is 0 Å². The molecule has 2 amide bonds. The Labute approximate surface area is 286 Å². The minimum atomic E-state index is -4.36. The average Bonchev–Trinajstić information content (AvgIpc) is 3.05. The van der Waals surface area contributed by atoms with E-state index in [0.29, 0.717) is 22.0 Å². The SMILES string of the molecule is CNC(=O)[C@@H](Cc1ccccc1)N(Cc1ccc(Cl)c(Cl)c1)C(=O)CN(c1cc(C)cc(C)c1)S(=O)(=O)c1ccc(OC)c(OC)c1. The van der Waals surface area contributed by atoms with Gasteiger partial charge in [0.15, 0.2) is 11.5 Å². The van der Waals surface area contributed by atoms with Crippen molar-refractivity contribution in [3.63, 3.8) is 0 Å². The van der Waals surface area contributed by atoms with Gasteiger partial charge in [-0.25, -0.2) is 8.42 Å². The third kappa shape index (κ3) is 8.57. The summed E-state index contributed by atoms with van der Waals surface area (Å²) < 4.78 is 40.6. The molecule has 0 radical (unpaired) electrons. The number of aryl methyl sites for hydroxylation is 2. The van der Waals surface area contributed by atoms with Crippen molar-refractivity contribution in [2.45, 2.75) is 37.8 Å². The molecule has 47 heavy (non-hydrogen) atoms. The summed E-state index contributed by atoms with van der Waals surface area (Å²) in [4.78, 5) is 29.3. The van der Waals surface area contributed by atoms with Crippen LogP contribution in [0.3, 0.4) is 0 Å². The molecule has 0 fully saturated rings. The van der Waals surface area contributed by atoms with E-state index >= 15 is 0 Å². The number of halogens is 2. The van der Waals surface area contributed by atoms with Gasteiger partial charge in [-0.15, -0.1) is 0 Å². The van der Waals surface area contributed by atoms with Crippen LogP contribution in [0.15, 0.2) is 89.8 Å². The van der Waals surface area contributed by atoms with Crippen molar-refractivity contribution < 1.29 is 27.5 Å². The van der Waals surface area contributed by atoms with Crippen molar-refractivity contribution in [2.75, 3.05) is 32.1 Å². The molecule has 1 N–H and O–H groups in total. The summed E-state index contributed by atoms with van der Waals surface area (Å²) in [5.41, 5.74) is 3.33. The number of benzene rings is 4. The maximum absolute atomic E-state index is 14.5. The van der Waals surface area contributed by atoms with Gasteiger partial charge in [-0.05, 0) is 72.5 Å². The number of carbonyl (C=O) groups excluding carboxylic acids is 2. The second kappa shape index (κ2) is 15.6. The Morgan fingerprint density at radius 3 is 2.06 bits per heavy atom. The van der Waals surface area contributed by atoms with Gasteiger partial charge in [0.2, 0.25) is 11.8 Å². The number of hydrogen-bond acceptors (Lipinski definition) is 6. The smallest absolute Gasteiger partial charge is 0.264 e. The van der Waals surface area contributed by atoms with Gasteiger partial charge < -0.3 is 19.7 Å². The third-order valence-electron chi connectivity index (χ3n) is 7.57. The Bertz CT molecular complexity index is 1830. The number of nitrogens with one attached hydrogen (secondary N) is 1. The molecule has 0 aliphatic heterocycles. The highest BCUT2D eigenvalue weighted by atomic mass is 35.5. The standard InChI is InChI=1S/C35H37Cl2N3O6S/c1-23-15-24(2)17-27(16-23)40(47(43,44)28-12-14-32(45-4)33(20-28)46-5)22-34(41)39(21-26-11-13-29(36)30(37)18-26)31(35(42)38-3)19-25-9-7-6-8-10-25/h6-18,20,31H,19,21-22H2,1-5H3,(H,38,42)/t31-/m1/s1. The zero-order valence-electron chi connectivity index (χ0n) is 26.8. The molecule has 9 nitrogen and oxygen atoms in total. The lowest BCUT2D eigenvalue weighted by molar-refractivity contribution is -0.139. The van der Waals surface area contributed by atoms with E-state index in [2.05, 4.69) is 5.32 Å². The van der Waals surface area contributed by atoms with Crippen LogP contribution >= 0.6 is 23.2 Å². The van der Waals surface area contributed by atoms with E-state index in [1.54, 1.807) is 30.3 Å². The third-order valence-corrected chi connectivity index (χ3v) is 10.1. The van der Waals surface area contributed by atoms with Gasteiger partial charge in [-0.2, -0.15) is 0 Å². The Balaban J connectivity index is 1.85. The van der Waals surface area contributed by atoms with E-state index in [4.69, 9.17) is 32.7 Å². The summed E-state index contributed by atoms with van der Waals surface area (Å²) in [5.74, 6) is -0.460. The molecule has 248 valence electrons. The zero-order valence-corrected chi connectivity index (χ0v) is 29.1. The highest BCUT2D eigenvalue weighted by molar-refractivity contribution is 7.92. The number of anilines is 1. The minimum absolute atomic E-state index is 0.0439. The first kappa shape index (κ1) is 35.6. The van der Waals surface area contributed by atoms with Crippen LogP contribution in [0, 0.1) is 13.8 Å². The largest absolute Gasteiger partial charge is 0.493 e. The quantitative estimate of drug-likeness (QED) is 0.178. The predicted molar refractivity (Wildman–Crippen MR) is 185 cm³/mol. The fourth-order valence-corrected chi connectivity index (χ4v) is 7.02. The molecule has 0 heterocycles. The second-order valence-electron chi connectivity index (χ2n) is 11.0. The van der Waals surface area contributed by atoms with Crippen molar-refractivity contribution in [1.29, 1.82) is 0 Å². The number of hydrogen-bond donors (Lipinski definition) is 1. The summed E-state index contributed by atoms with van der Waals surface area (Å²) in [5, 5.41) is 3.29. The maximum atomic E-state index is 14.5. The van der Waals surface area contributed by atoms with Crippen molar-refractivity contribution >= 4 is 50.7 Å². The molecule has 0 saturated carbocycles. The highest BCUT2D eigenvalue weighted by Gasteiger charge is 2.35. The summed E-state index contributed by atoms with van der Waals surface area (Å²) in [7, 11) is -0.00624. The van der Waals surface area contributed by atoms with E-state index in [9.17, 15) is 18.0 Å². The second-order valence-corrected chi connectivity index (χ2v) is 13.6. The molecule has 0 aliphatic carbocycles. The first-order chi connectivity index (χ1) is 22.4. The van der Waals surface area contributed by atoms with E-state index in [-0.39, 0.29) is 28.6 Å². The first-order valence-corrected chi connectivity index (χ1v) is 16.9. The van der Waals surface area contributed by atoms with Gasteiger partial charge in [-0.3, -0.25) is 13.9 Å². The van der Waals surface area contributed by atoms with Gasteiger partial charge in [0.25, 0.3) is 10.0 Å². The Hall–Kier alpha value is -4.25. The highest BCUT2D eigenvalue weighted by Crippen LogP contribution is 2.33. The number of sulfonamides is 1. The topological polar surface area (TPSA) is 105 Å². The summed E-state index contributed by atoms with van der Waals surface area (Å²) in [6.07, 6.45) is 0.180. The van der Waals surface area contributed by atoms with E-state index in [0.717, 1.165) is 21.0 Å². The van der Waals surface area contributed by atoms with Crippen molar-refractivity contribution in [3.8, 4) is 11.5 Å². The molecular formula is C35H37Cl2N3O6S. The molecule has 0 spiro atoms. The van der Waals surface area contributed by atoms with Crippen molar-refractivity contribution in [2.24, 2.45) is 0 Å². The van der Waals surface area contributed by atoms with E-state index < -0.39 is 34.4 Å². The van der Waals surface area contributed by atoms with Gasteiger partial charge in [0.1, 0.15) is 12.6 Å². The molecule has 1 atom stereocenters. The number of nitrogens with zero attached hydrogens (tertiary/aromatic N) is 2. The number of ether oxygens (including phenoxy) is 2. The normalized spacial score (nSPS) is 11.8. The molecule has 0 saturated heterocycles. The number of carbonyl (C=O) groups is 2. The molecular weight excluding hydrogens is 661 g/mol. The molecule has 4 rings (SSSR count). The number of rotatable bonds is 13. The monoisotopic (exact) mass is 697 g/mol. The fourth-order valence-electron chi connectivity index (χ4n) is 5.28. The number of amides is 2. The number of likely N-dealkylation sites (N-methyl/N-ethyl adjacent to an activating group) is 1.